The Kier molecular flexibility index (Phi) is 4.32. The molecule has 2 nitrogen and oxygen atoms in total. The summed E-state index contributed by atoms with van der Waals surface area (Å²) in [5.41, 5.74) is 4.42. The van der Waals surface area contributed by atoms with Crippen LogP contribution in [0.4, 0.5) is 5.69 Å². The number of hydrogen-bond donors (Lipinski definition) is 0. The van der Waals surface area contributed by atoms with Gasteiger partial charge >= 0.3 is 0 Å². The lowest BCUT2D eigenvalue weighted by Crippen LogP contribution is -2.24. The third-order valence-corrected chi connectivity index (χ3v) is 5.08. The van der Waals surface area contributed by atoms with Crippen LogP contribution < -0.4 is 4.90 Å². The number of hydrogen-bond acceptors (Lipinski definition) is 3. The number of rotatable bonds is 4. The van der Waals surface area contributed by atoms with Crippen molar-refractivity contribution in [3.63, 3.8) is 0 Å². The Balaban J connectivity index is 1.73. The molecule has 2 heterocycles. The summed E-state index contributed by atoms with van der Waals surface area (Å²) in [6, 6.07) is 22.4. The van der Waals surface area contributed by atoms with Crippen LogP contribution in [0.5, 0.6) is 0 Å². The van der Waals surface area contributed by atoms with E-state index in [4.69, 9.17) is 0 Å². The van der Waals surface area contributed by atoms with Crippen molar-refractivity contribution >= 4 is 28.9 Å². The van der Waals surface area contributed by atoms with Gasteiger partial charge in [-0.05, 0) is 34.7 Å². The number of allylic oxidation sites excluding steroid dienone is 2. The Morgan fingerprint density at radius 2 is 1.72 bits per heavy atom. The predicted octanol–water partition coefficient (Wildman–Crippen LogP) is 5.55. The van der Waals surface area contributed by atoms with Crippen molar-refractivity contribution in [2.24, 2.45) is 0 Å². The fourth-order valence-electron chi connectivity index (χ4n) is 2.97. The molecule has 3 aromatic rings. The van der Waals surface area contributed by atoms with Crippen LogP contribution in [0.2, 0.25) is 0 Å². The zero-order valence-corrected chi connectivity index (χ0v) is 14.4. The van der Waals surface area contributed by atoms with Gasteiger partial charge in [0.25, 0.3) is 0 Å². The average Bonchev–Trinajstić information content (AvgIpc) is 3.19. The van der Waals surface area contributed by atoms with E-state index >= 15 is 0 Å². The minimum absolute atomic E-state index is 0.0482. The average molecular weight is 343 g/mol. The lowest BCUT2D eigenvalue weighted by Gasteiger charge is -2.30. The summed E-state index contributed by atoms with van der Waals surface area (Å²) < 4.78 is 0. The van der Waals surface area contributed by atoms with E-state index < -0.39 is 0 Å². The molecule has 3 heteroatoms. The number of benzene rings is 2. The minimum Gasteiger partial charge on any atom is -0.336 e. The van der Waals surface area contributed by atoms with Gasteiger partial charge in [0.15, 0.2) is 5.78 Å². The molecule has 0 N–H and O–H groups in total. The normalized spacial score (nSPS) is 14.6. The molecule has 0 unspecified atom stereocenters. The number of nitrogens with zero attached hydrogens (tertiary/aromatic N) is 1. The molecule has 0 atom stereocenters. The molecule has 0 bridgehead atoms. The third kappa shape index (κ3) is 3.32. The number of carbonyl (C=O) groups is 1. The van der Waals surface area contributed by atoms with Gasteiger partial charge in [0.1, 0.15) is 0 Å². The summed E-state index contributed by atoms with van der Waals surface area (Å²) in [6.45, 7) is 0.728. The number of ketones is 1. The molecule has 25 heavy (non-hydrogen) atoms. The number of para-hydroxylation sites is 1. The topological polar surface area (TPSA) is 20.3 Å². The molecule has 0 aliphatic carbocycles. The van der Waals surface area contributed by atoms with Crippen LogP contribution in [0, 0.1) is 0 Å². The van der Waals surface area contributed by atoms with E-state index in [0.29, 0.717) is 0 Å². The fraction of sp³-hybridized carbons (Fsp3) is 0.0455. The van der Waals surface area contributed by atoms with E-state index in [1.807, 2.05) is 53.9 Å². The van der Waals surface area contributed by atoms with Gasteiger partial charge < -0.3 is 4.90 Å². The van der Waals surface area contributed by atoms with Gasteiger partial charge in [-0.1, -0.05) is 60.7 Å². The second-order valence-corrected chi connectivity index (χ2v) is 6.82. The molecule has 122 valence electrons. The van der Waals surface area contributed by atoms with Crippen molar-refractivity contribution < 1.29 is 4.79 Å². The first-order valence-corrected chi connectivity index (χ1v) is 9.07. The summed E-state index contributed by atoms with van der Waals surface area (Å²) in [5.74, 6) is 0.0482. The first kappa shape index (κ1) is 15.6. The lowest BCUT2D eigenvalue weighted by molar-refractivity contribution is 0.104. The highest BCUT2D eigenvalue weighted by molar-refractivity contribution is 7.12. The molecule has 1 aliphatic rings. The smallest absolute Gasteiger partial charge is 0.197 e. The van der Waals surface area contributed by atoms with Crippen LogP contribution in [0.1, 0.15) is 20.8 Å². The molecule has 0 fully saturated rings. The van der Waals surface area contributed by atoms with Gasteiger partial charge in [-0.15, -0.1) is 11.3 Å². The first-order chi connectivity index (χ1) is 12.3. The van der Waals surface area contributed by atoms with Crippen molar-refractivity contribution in [1.82, 2.24) is 0 Å². The van der Waals surface area contributed by atoms with Crippen LogP contribution in [-0.2, 0) is 6.54 Å². The van der Waals surface area contributed by atoms with E-state index in [1.54, 1.807) is 6.08 Å². The second-order valence-electron chi connectivity index (χ2n) is 5.87. The maximum Gasteiger partial charge on any atom is 0.197 e. The van der Waals surface area contributed by atoms with Gasteiger partial charge in [-0.3, -0.25) is 4.79 Å². The summed E-state index contributed by atoms with van der Waals surface area (Å²) in [6.07, 6.45) is 5.84. The number of anilines is 1. The Bertz CT molecular complexity index is 939. The monoisotopic (exact) mass is 343 g/mol. The minimum atomic E-state index is 0.0482. The summed E-state index contributed by atoms with van der Waals surface area (Å²) in [4.78, 5) is 15.5. The van der Waals surface area contributed by atoms with E-state index in [9.17, 15) is 4.79 Å². The number of carbonyl (C=O) groups excluding carboxylic acids is 1. The molecule has 0 amide bonds. The standard InChI is InChI=1S/C22H17NOS/c24-21(22-11-6-14-25-22)15-19-13-12-18-9-4-5-10-20(18)23(19)16-17-7-2-1-3-8-17/h1-15H,16H2/b19-15+. The Morgan fingerprint density at radius 3 is 2.52 bits per heavy atom. The predicted molar refractivity (Wildman–Crippen MR) is 105 cm³/mol. The van der Waals surface area contributed by atoms with Crippen LogP contribution >= 0.6 is 11.3 Å². The van der Waals surface area contributed by atoms with E-state index in [0.717, 1.165) is 22.8 Å². The summed E-state index contributed by atoms with van der Waals surface area (Å²) in [7, 11) is 0. The van der Waals surface area contributed by atoms with Crippen LogP contribution in [0.25, 0.3) is 6.08 Å². The molecule has 1 aromatic heterocycles. The van der Waals surface area contributed by atoms with Gasteiger partial charge in [-0.25, -0.2) is 0 Å². The van der Waals surface area contributed by atoms with E-state index in [1.165, 1.54) is 22.5 Å². The largest absolute Gasteiger partial charge is 0.336 e. The van der Waals surface area contributed by atoms with Crippen molar-refractivity contribution in [2.75, 3.05) is 4.90 Å². The molecule has 0 radical (unpaired) electrons. The summed E-state index contributed by atoms with van der Waals surface area (Å²) in [5, 5.41) is 1.93. The molecule has 1 aliphatic heterocycles. The van der Waals surface area contributed by atoms with Gasteiger partial charge in [-0.2, -0.15) is 0 Å². The number of thiophene rings is 1. The Morgan fingerprint density at radius 1 is 0.920 bits per heavy atom. The zero-order valence-electron chi connectivity index (χ0n) is 13.6. The molecule has 0 spiro atoms. The Labute approximate surface area is 151 Å². The summed E-state index contributed by atoms with van der Waals surface area (Å²) >= 11 is 1.47. The van der Waals surface area contributed by atoms with Gasteiger partial charge in [0, 0.05) is 24.0 Å². The van der Waals surface area contributed by atoms with Gasteiger partial charge in [0.05, 0.1) is 4.88 Å². The highest BCUT2D eigenvalue weighted by Crippen LogP contribution is 2.32. The van der Waals surface area contributed by atoms with Crippen molar-refractivity contribution in [3.8, 4) is 0 Å². The van der Waals surface area contributed by atoms with Crippen LogP contribution in [0.15, 0.2) is 90.0 Å². The molecule has 4 rings (SSSR count). The molecular weight excluding hydrogens is 326 g/mol. The van der Waals surface area contributed by atoms with Crippen molar-refractivity contribution in [1.29, 1.82) is 0 Å². The molecule has 0 saturated carbocycles. The maximum absolute atomic E-state index is 12.6. The zero-order chi connectivity index (χ0) is 17.1. The number of fused-ring (bicyclic) bond motifs is 1. The quantitative estimate of drug-likeness (QED) is 0.457. The highest BCUT2D eigenvalue weighted by Gasteiger charge is 2.19. The first-order valence-electron chi connectivity index (χ1n) is 8.19. The van der Waals surface area contributed by atoms with Crippen molar-refractivity contribution in [3.05, 3.63) is 106 Å². The SMILES string of the molecule is O=C(/C=C1\C=Cc2ccccc2N1Cc1ccccc1)c1cccs1. The lowest BCUT2D eigenvalue weighted by atomic mass is 10.0. The van der Waals surface area contributed by atoms with E-state index in [2.05, 4.69) is 35.2 Å². The van der Waals surface area contributed by atoms with Gasteiger partial charge in [0.2, 0.25) is 0 Å². The molecule has 2 aromatic carbocycles. The molecular formula is C22H17NOS. The Hall–Kier alpha value is -2.91. The van der Waals surface area contributed by atoms with E-state index in [-0.39, 0.29) is 5.78 Å². The van der Waals surface area contributed by atoms with Crippen LogP contribution in [-0.4, -0.2) is 5.78 Å². The van der Waals surface area contributed by atoms with Crippen LogP contribution in [0.3, 0.4) is 0 Å². The second kappa shape index (κ2) is 6.91. The highest BCUT2D eigenvalue weighted by atomic mass is 32.1. The maximum atomic E-state index is 12.6. The van der Waals surface area contributed by atoms with Crippen molar-refractivity contribution in [2.45, 2.75) is 6.54 Å². The fourth-order valence-corrected chi connectivity index (χ4v) is 3.61. The third-order valence-electron chi connectivity index (χ3n) is 4.20. The molecule has 0 saturated heterocycles.